The van der Waals surface area contributed by atoms with Gasteiger partial charge in [0.1, 0.15) is 0 Å². The molecule has 0 aliphatic carbocycles. The third kappa shape index (κ3) is 4.08. The number of rotatable bonds is 7. The highest BCUT2D eigenvalue weighted by Gasteiger charge is 2.44. The van der Waals surface area contributed by atoms with Gasteiger partial charge >= 0.3 is 5.97 Å². The van der Waals surface area contributed by atoms with Gasteiger partial charge in [0.15, 0.2) is 24.3 Å². The first-order valence-electron chi connectivity index (χ1n) is 7.47. The van der Waals surface area contributed by atoms with E-state index in [2.05, 4.69) is 0 Å². The maximum Gasteiger partial charge on any atom is 0.303 e. The predicted molar refractivity (Wildman–Crippen MR) is 92.5 cm³/mol. The van der Waals surface area contributed by atoms with Crippen LogP contribution in [0.3, 0.4) is 0 Å². The molecule has 1 N–H and O–H groups in total. The minimum absolute atomic E-state index is 0.156. The van der Waals surface area contributed by atoms with E-state index in [1.807, 2.05) is 0 Å². The van der Waals surface area contributed by atoms with Crippen molar-refractivity contribution in [3.05, 3.63) is 60.7 Å². The molecule has 2 aromatic carbocycles. The molecular formula is C17H18O6S2. The van der Waals surface area contributed by atoms with Gasteiger partial charge in [-0.15, -0.1) is 0 Å². The van der Waals surface area contributed by atoms with Crippen molar-refractivity contribution in [3.63, 3.8) is 0 Å². The molecule has 25 heavy (non-hydrogen) atoms. The monoisotopic (exact) mass is 382 g/mol. The van der Waals surface area contributed by atoms with Crippen molar-refractivity contribution < 1.29 is 26.7 Å². The van der Waals surface area contributed by atoms with E-state index in [1.165, 1.54) is 55.5 Å². The van der Waals surface area contributed by atoms with Crippen molar-refractivity contribution in [3.8, 4) is 0 Å². The standard InChI is InChI=1S/C17H18O6S2/c1-13(12-16(18)19)17(24(20,21)14-8-4-2-5-9-14)25(22,23)15-10-6-3-7-11-15/h2-11,13,17H,12H2,1H3,(H,18,19)/t13-/m1/s1. The zero-order chi connectivity index (χ0) is 18.7. The first kappa shape index (κ1) is 19.1. The van der Waals surface area contributed by atoms with Gasteiger partial charge in [0.2, 0.25) is 0 Å². The van der Waals surface area contributed by atoms with Crippen molar-refractivity contribution >= 4 is 25.6 Å². The predicted octanol–water partition coefficient (Wildman–Crippen LogP) is 2.37. The fraction of sp³-hybridized carbons (Fsp3) is 0.235. The quantitative estimate of drug-likeness (QED) is 0.788. The number of carboxylic acids is 1. The Morgan fingerprint density at radius 2 is 1.20 bits per heavy atom. The Morgan fingerprint density at radius 3 is 1.52 bits per heavy atom. The molecule has 0 radical (unpaired) electrons. The highest BCUT2D eigenvalue weighted by atomic mass is 32.3. The lowest BCUT2D eigenvalue weighted by atomic mass is 10.1. The van der Waals surface area contributed by atoms with Gasteiger partial charge in [0, 0.05) is 0 Å². The number of benzene rings is 2. The molecule has 0 aliphatic heterocycles. The molecule has 2 rings (SSSR count). The lowest BCUT2D eigenvalue weighted by Gasteiger charge is -2.23. The molecule has 0 aliphatic rings. The third-order valence-corrected chi connectivity index (χ3v) is 9.25. The molecule has 0 spiro atoms. The largest absolute Gasteiger partial charge is 0.481 e. The second-order valence-corrected chi connectivity index (χ2v) is 10.1. The second kappa shape index (κ2) is 7.37. The van der Waals surface area contributed by atoms with Gasteiger partial charge in [0.05, 0.1) is 16.2 Å². The second-order valence-electron chi connectivity index (χ2n) is 5.66. The van der Waals surface area contributed by atoms with Crippen LogP contribution in [0.5, 0.6) is 0 Å². The number of carboxylic acid groups (broad SMARTS) is 1. The smallest absolute Gasteiger partial charge is 0.303 e. The van der Waals surface area contributed by atoms with Gasteiger partial charge in [-0.1, -0.05) is 43.3 Å². The van der Waals surface area contributed by atoms with Crippen LogP contribution in [-0.2, 0) is 24.5 Å². The molecular weight excluding hydrogens is 364 g/mol. The molecule has 0 saturated heterocycles. The summed E-state index contributed by atoms with van der Waals surface area (Å²) in [5.41, 5.74) is 0. The zero-order valence-electron chi connectivity index (χ0n) is 13.4. The van der Waals surface area contributed by atoms with Crippen LogP contribution in [0.4, 0.5) is 0 Å². The van der Waals surface area contributed by atoms with E-state index in [1.54, 1.807) is 12.1 Å². The van der Waals surface area contributed by atoms with Crippen LogP contribution in [0.1, 0.15) is 13.3 Å². The molecule has 0 saturated carbocycles. The highest BCUT2D eigenvalue weighted by molar-refractivity contribution is 8.09. The molecule has 1 atom stereocenters. The lowest BCUT2D eigenvalue weighted by Crippen LogP contribution is -2.37. The Kier molecular flexibility index (Phi) is 5.64. The molecule has 0 heterocycles. The summed E-state index contributed by atoms with van der Waals surface area (Å²) in [6, 6.07) is 14.4. The summed E-state index contributed by atoms with van der Waals surface area (Å²) in [7, 11) is -8.61. The summed E-state index contributed by atoms with van der Waals surface area (Å²) in [5.74, 6) is -2.39. The van der Waals surface area contributed by atoms with Crippen LogP contribution in [-0.4, -0.2) is 32.5 Å². The summed E-state index contributed by atoms with van der Waals surface area (Å²) < 4.78 is 50.1. The maximum absolute atomic E-state index is 13.0. The average molecular weight is 382 g/mol. The minimum Gasteiger partial charge on any atom is -0.481 e. The van der Waals surface area contributed by atoms with Gasteiger partial charge in [-0.25, -0.2) is 16.8 Å². The molecule has 8 heteroatoms. The van der Waals surface area contributed by atoms with Crippen molar-refractivity contribution in [2.45, 2.75) is 27.7 Å². The van der Waals surface area contributed by atoms with E-state index in [0.29, 0.717) is 0 Å². The number of carbonyl (C=O) groups is 1. The Labute approximate surface area is 147 Å². The summed E-state index contributed by atoms with van der Waals surface area (Å²) in [6.45, 7) is 1.32. The van der Waals surface area contributed by atoms with E-state index < -0.39 is 42.6 Å². The third-order valence-electron chi connectivity index (χ3n) is 3.72. The molecule has 0 fully saturated rings. The first-order valence-corrected chi connectivity index (χ1v) is 10.6. The van der Waals surface area contributed by atoms with E-state index in [-0.39, 0.29) is 9.79 Å². The van der Waals surface area contributed by atoms with Gasteiger partial charge in [0.25, 0.3) is 0 Å². The van der Waals surface area contributed by atoms with E-state index in [0.717, 1.165) is 0 Å². The summed E-state index contributed by atoms with van der Waals surface area (Å²) in [6.07, 6.45) is -0.581. The number of hydrogen-bond donors (Lipinski definition) is 1. The van der Waals surface area contributed by atoms with Crippen molar-refractivity contribution in [1.82, 2.24) is 0 Å². The van der Waals surface area contributed by atoms with Crippen molar-refractivity contribution in [1.29, 1.82) is 0 Å². The normalized spacial score (nSPS) is 13.5. The fourth-order valence-corrected chi connectivity index (χ4v) is 7.66. The fourth-order valence-electron chi connectivity index (χ4n) is 2.64. The van der Waals surface area contributed by atoms with E-state index in [9.17, 15) is 21.6 Å². The van der Waals surface area contributed by atoms with E-state index in [4.69, 9.17) is 5.11 Å². The first-order chi connectivity index (χ1) is 11.7. The molecule has 0 aromatic heterocycles. The lowest BCUT2D eigenvalue weighted by molar-refractivity contribution is -0.137. The Hall–Kier alpha value is -2.19. The van der Waals surface area contributed by atoms with Crippen LogP contribution in [0.25, 0.3) is 0 Å². The molecule has 6 nitrogen and oxygen atoms in total. The SMILES string of the molecule is C[C@H](CC(=O)O)C(S(=O)(=O)c1ccccc1)S(=O)(=O)c1ccccc1. The molecule has 2 aromatic rings. The zero-order valence-corrected chi connectivity index (χ0v) is 15.1. The van der Waals surface area contributed by atoms with Crippen LogP contribution >= 0.6 is 0 Å². The Balaban J connectivity index is 2.65. The number of aliphatic carboxylic acids is 1. The van der Waals surface area contributed by atoms with Crippen LogP contribution in [0, 0.1) is 5.92 Å². The Bertz CT molecular complexity index is 866. The highest BCUT2D eigenvalue weighted by Crippen LogP contribution is 2.32. The average Bonchev–Trinajstić information content (AvgIpc) is 2.55. The molecule has 0 amide bonds. The van der Waals surface area contributed by atoms with Crippen molar-refractivity contribution in [2.75, 3.05) is 0 Å². The number of hydrogen-bond acceptors (Lipinski definition) is 5. The van der Waals surface area contributed by atoms with Crippen LogP contribution < -0.4 is 0 Å². The molecule has 134 valence electrons. The summed E-state index contributed by atoms with van der Waals surface area (Å²) in [5, 5.41) is 9.02. The Morgan fingerprint density at radius 1 is 0.840 bits per heavy atom. The summed E-state index contributed by atoms with van der Waals surface area (Å²) in [4.78, 5) is 10.7. The molecule has 0 bridgehead atoms. The number of sulfone groups is 2. The van der Waals surface area contributed by atoms with Crippen molar-refractivity contribution in [2.24, 2.45) is 5.92 Å². The topological polar surface area (TPSA) is 106 Å². The van der Waals surface area contributed by atoms with Gasteiger partial charge in [-0.05, 0) is 30.2 Å². The van der Waals surface area contributed by atoms with Gasteiger partial charge in [-0.3, -0.25) is 4.79 Å². The minimum atomic E-state index is -4.30. The van der Waals surface area contributed by atoms with Gasteiger partial charge in [-0.2, -0.15) is 0 Å². The molecule has 0 unspecified atom stereocenters. The van der Waals surface area contributed by atoms with Crippen LogP contribution in [0.2, 0.25) is 0 Å². The maximum atomic E-state index is 13.0. The van der Waals surface area contributed by atoms with E-state index >= 15 is 0 Å². The summed E-state index contributed by atoms with van der Waals surface area (Å²) >= 11 is 0. The van der Waals surface area contributed by atoms with Crippen LogP contribution in [0.15, 0.2) is 70.5 Å². The van der Waals surface area contributed by atoms with Gasteiger partial charge < -0.3 is 5.11 Å².